The highest BCUT2D eigenvalue weighted by molar-refractivity contribution is 6.07. The van der Waals surface area contributed by atoms with E-state index in [9.17, 15) is 0 Å². The summed E-state index contributed by atoms with van der Waals surface area (Å²) in [5.74, 6) is 0. The number of allylic oxidation sites excluding steroid dienone is 2. The third-order valence-corrected chi connectivity index (χ3v) is 7.52. The number of unbranched alkanes of at least 4 members (excludes halogenated alkanes) is 2. The van der Waals surface area contributed by atoms with Gasteiger partial charge >= 0.3 is 0 Å². The Morgan fingerprint density at radius 2 is 1.61 bits per heavy atom. The highest BCUT2D eigenvalue weighted by Gasteiger charge is 2.37. The molecule has 1 aromatic rings. The predicted molar refractivity (Wildman–Crippen MR) is 131 cm³/mol. The first-order chi connectivity index (χ1) is 14.6. The van der Waals surface area contributed by atoms with E-state index < -0.39 is 0 Å². The van der Waals surface area contributed by atoms with Crippen molar-refractivity contribution in [1.29, 1.82) is 5.41 Å². The summed E-state index contributed by atoms with van der Waals surface area (Å²) in [5, 5.41) is 17.7. The summed E-state index contributed by atoms with van der Waals surface area (Å²) in [5.41, 5.74) is 6.12. The highest BCUT2D eigenvalue weighted by Crippen LogP contribution is 2.45. The predicted octanol–water partition coefficient (Wildman–Crippen LogP) is 5.09. The Bertz CT molecular complexity index is 801. The number of rotatable bonds is 8. The summed E-state index contributed by atoms with van der Waals surface area (Å²) in [6.45, 7) is 17.2. The number of nitrogens with one attached hydrogen (secondary N) is 1. The summed E-state index contributed by atoms with van der Waals surface area (Å²) >= 11 is 0. The van der Waals surface area contributed by atoms with Gasteiger partial charge in [0, 0.05) is 38.5 Å². The smallest absolute Gasteiger partial charge is 0.0629 e. The van der Waals surface area contributed by atoms with Crippen molar-refractivity contribution >= 4 is 5.71 Å². The number of fused-ring (bicyclic) bond motifs is 1. The molecule has 31 heavy (non-hydrogen) atoms. The zero-order valence-corrected chi connectivity index (χ0v) is 20.4. The molecule has 0 unspecified atom stereocenters. The third-order valence-electron chi connectivity index (χ3n) is 7.52. The van der Waals surface area contributed by atoms with E-state index in [1.807, 2.05) is 0 Å². The van der Waals surface area contributed by atoms with Crippen molar-refractivity contribution in [1.82, 2.24) is 9.80 Å². The summed E-state index contributed by atoms with van der Waals surface area (Å²) in [6, 6.07) is 6.71. The third kappa shape index (κ3) is 5.78. The van der Waals surface area contributed by atoms with Crippen LogP contribution in [0.15, 0.2) is 30.0 Å². The van der Waals surface area contributed by atoms with Gasteiger partial charge < -0.3 is 15.4 Å². The van der Waals surface area contributed by atoms with Gasteiger partial charge in [-0.15, -0.1) is 0 Å². The van der Waals surface area contributed by atoms with E-state index >= 15 is 0 Å². The van der Waals surface area contributed by atoms with Gasteiger partial charge in [-0.2, -0.15) is 0 Å². The maximum Gasteiger partial charge on any atom is 0.0629 e. The molecule has 4 nitrogen and oxygen atoms in total. The van der Waals surface area contributed by atoms with Crippen LogP contribution in [0.3, 0.4) is 0 Å². The van der Waals surface area contributed by atoms with Gasteiger partial charge in [0.05, 0.1) is 5.71 Å². The second-order valence-electron chi connectivity index (χ2n) is 10.8. The minimum Gasteiger partial charge on any atom is -0.396 e. The number of benzene rings is 1. The number of hydrogen-bond donors (Lipinski definition) is 2. The fourth-order valence-electron chi connectivity index (χ4n) is 5.09. The first kappa shape index (κ1) is 24.0. The number of nitrogens with zero attached hydrogens (tertiary/aromatic N) is 2. The Labute approximate surface area is 189 Å². The quantitative estimate of drug-likeness (QED) is 0.451. The molecule has 1 aliphatic heterocycles. The molecule has 0 aromatic heterocycles. The molecular weight excluding hydrogens is 382 g/mol. The average Bonchev–Trinajstić information content (AvgIpc) is 2.74. The van der Waals surface area contributed by atoms with Crippen LogP contribution in [0.4, 0.5) is 0 Å². The number of aliphatic hydroxyl groups is 1. The molecule has 0 atom stereocenters. The minimum absolute atomic E-state index is 0.174. The van der Waals surface area contributed by atoms with Crippen molar-refractivity contribution in [2.75, 3.05) is 39.3 Å². The Morgan fingerprint density at radius 3 is 2.26 bits per heavy atom. The summed E-state index contributed by atoms with van der Waals surface area (Å²) in [7, 11) is 0. The summed E-state index contributed by atoms with van der Waals surface area (Å²) < 4.78 is 0. The topological polar surface area (TPSA) is 50.6 Å². The Morgan fingerprint density at radius 1 is 0.968 bits per heavy atom. The van der Waals surface area contributed by atoms with Crippen molar-refractivity contribution in [3.8, 4) is 0 Å². The molecule has 172 valence electrons. The highest BCUT2D eigenvalue weighted by atomic mass is 16.2. The summed E-state index contributed by atoms with van der Waals surface area (Å²) in [6.07, 6.45) is 7.67. The molecule has 1 saturated heterocycles. The van der Waals surface area contributed by atoms with Crippen LogP contribution in [-0.2, 0) is 10.8 Å². The molecule has 1 heterocycles. The van der Waals surface area contributed by atoms with Crippen molar-refractivity contribution < 1.29 is 5.11 Å². The van der Waals surface area contributed by atoms with E-state index in [0.717, 1.165) is 51.1 Å². The summed E-state index contributed by atoms with van der Waals surface area (Å²) in [4.78, 5) is 4.95. The van der Waals surface area contributed by atoms with E-state index in [1.165, 1.54) is 36.1 Å². The molecule has 0 spiro atoms. The van der Waals surface area contributed by atoms with Crippen LogP contribution in [0.1, 0.15) is 83.4 Å². The second-order valence-corrected chi connectivity index (χ2v) is 10.8. The molecule has 0 saturated carbocycles. The molecule has 3 rings (SSSR count). The number of piperazine rings is 1. The first-order valence-electron chi connectivity index (χ1n) is 12.1. The lowest BCUT2D eigenvalue weighted by Crippen LogP contribution is -2.45. The largest absolute Gasteiger partial charge is 0.396 e. The van der Waals surface area contributed by atoms with Crippen LogP contribution in [0.2, 0.25) is 0 Å². The first-order valence-corrected chi connectivity index (χ1v) is 12.1. The lowest BCUT2D eigenvalue weighted by molar-refractivity contribution is 0.156. The molecule has 1 aromatic carbocycles. The van der Waals surface area contributed by atoms with E-state index in [1.54, 1.807) is 0 Å². The lowest BCUT2D eigenvalue weighted by Gasteiger charge is -2.42. The molecule has 1 fully saturated rings. The average molecular weight is 426 g/mol. The molecule has 1 aliphatic carbocycles. The molecule has 0 bridgehead atoms. The van der Waals surface area contributed by atoms with Gasteiger partial charge in [0.15, 0.2) is 0 Å². The number of aliphatic hydroxyl groups excluding tert-OH is 1. The van der Waals surface area contributed by atoms with Gasteiger partial charge in [0.25, 0.3) is 0 Å². The molecule has 4 heteroatoms. The van der Waals surface area contributed by atoms with Gasteiger partial charge in [-0.3, -0.25) is 4.90 Å². The molecular formula is C27H43N3O. The zero-order chi connectivity index (χ0) is 22.6. The van der Waals surface area contributed by atoms with E-state index in [4.69, 9.17) is 10.5 Å². The van der Waals surface area contributed by atoms with Crippen LogP contribution < -0.4 is 0 Å². The Balaban J connectivity index is 1.63. The molecule has 2 N–H and O–H groups in total. The minimum atomic E-state index is 0.174. The van der Waals surface area contributed by atoms with Gasteiger partial charge in [-0.05, 0) is 85.2 Å². The van der Waals surface area contributed by atoms with Crippen LogP contribution in [0, 0.1) is 5.41 Å². The van der Waals surface area contributed by atoms with Gasteiger partial charge in [-0.25, -0.2) is 0 Å². The molecule has 0 amide bonds. The zero-order valence-electron chi connectivity index (χ0n) is 20.4. The van der Waals surface area contributed by atoms with E-state index in [0.29, 0.717) is 12.3 Å². The number of hydrogen-bond acceptors (Lipinski definition) is 4. The monoisotopic (exact) mass is 425 g/mol. The standard InChI is InChI=1S/C27H43N3O/c1-21(30-16-14-29(15-17-30)13-7-6-8-18-31)19-25(28)22-9-10-23-24(20-22)27(4,5)12-11-26(23,2)3/h9-10,19-20,28,31H,6-8,11-18H2,1-5H3/b21-19+,28-25?. The van der Waals surface area contributed by atoms with Crippen LogP contribution in [0.25, 0.3) is 0 Å². The lowest BCUT2D eigenvalue weighted by atomic mass is 9.63. The maximum absolute atomic E-state index is 8.92. The van der Waals surface area contributed by atoms with Crippen molar-refractivity contribution in [3.63, 3.8) is 0 Å². The maximum atomic E-state index is 8.92. The van der Waals surface area contributed by atoms with Gasteiger partial charge in [0.1, 0.15) is 0 Å². The fraction of sp³-hybridized carbons (Fsp3) is 0.667. The molecule has 0 radical (unpaired) electrons. The van der Waals surface area contributed by atoms with Crippen LogP contribution >= 0.6 is 0 Å². The van der Waals surface area contributed by atoms with Crippen molar-refractivity contribution in [2.45, 2.75) is 77.6 Å². The van der Waals surface area contributed by atoms with Crippen LogP contribution in [-0.4, -0.2) is 59.9 Å². The normalized spacial score (nSPS) is 21.1. The SMILES string of the molecule is C/C(=C\C(=N)c1ccc2c(c1)C(C)(C)CCC2(C)C)N1CCN(CCCCCO)CC1. The molecule has 2 aliphatic rings. The van der Waals surface area contributed by atoms with Gasteiger partial charge in [-0.1, -0.05) is 39.8 Å². The van der Waals surface area contributed by atoms with E-state index in [2.05, 4.69) is 68.7 Å². The van der Waals surface area contributed by atoms with Gasteiger partial charge in [0.2, 0.25) is 0 Å². The van der Waals surface area contributed by atoms with Crippen molar-refractivity contribution in [2.24, 2.45) is 0 Å². The van der Waals surface area contributed by atoms with Crippen LogP contribution in [0.5, 0.6) is 0 Å². The van der Waals surface area contributed by atoms with Crippen molar-refractivity contribution in [3.05, 3.63) is 46.7 Å². The fourth-order valence-corrected chi connectivity index (χ4v) is 5.09. The van der Waals surface area contributed by atoms with E-state index in [-0.39, 0.29) is 10.8 Å². The Kier molecular flexibility index (Phi) is 7.64. The Hall–Kier alpha value is -1.65. The second kappa shape index (κ2) is 9.87.